The summed E-state index contributed by atoms with van der Waals surface area (Å²) in [6, 6.07) is 9.45. The minimum Gasteiger partial charge on any atom is -0.489 e. The Labute approximate surface area is 156 Å². The summed E-state index contributed by atoms with van der Waals surface area (Å²) >= 11 is 6.20. The lowest BCUT2D eigenvalue weighted by molar-refractivity contribution is 0.102. The normalized spacial score (nSPS) is 13.6. The molecule has 7 nitrogen and oxygen atoms in total. The van der Waals surface area contributed by atoms with Crippen LogP contribution in [0, 0.1) is 0 Å². The molecule has 0 radical (unpaired) electrons. The van der Waals surface area contributed by atoms with Crippen molar-refractivity contribution in [1.29, 1.82) is 0 Å². The van der Waals surface area contributed by atoms with Gasteiger partial charge in [-0.1, -0.05) is 17.7 Å². The van der Waals surface area contributed by atoms with Crippen molar-refractivity contribution < 1.29 is 22.7 Å². The van der Waals surface area contributed by atoms with Gasteiger partial charge in [-0.25, -0.2) is 8.42 Å². The molecule has 2 N–H and O–H groups in total. The van der Waals surface area contributed by atoms with Crippen molar-refractivity contribution in [3.05, 3.63) is 47.0 Å². The van der Waals surface area contributed by atoms with Crippen molar-refractivity contribution >= 4 is 38.9 Å². The second-order valence-corrected chi connectivity index (χ2v) is 7.90. The zero-order valence-electron chi connectivity index (χ0n) is 13.9. The Kier molecular flexibility index (Phi) is 5.24. The van der Waals surface area contributed by atoms with Gasteiger partial charge in [0.05, 0.1) is 30.2 Å². The second kappa shape index (κ2) is 7.43. The number of fused-ring (bicyclic) bond motifs is 1. The van der Waals surface area contributed by atoms with Gasteiger partial charge >= 0.3 is 0 Å². The molecule has 0 spiro atoms. The van der Waals surface area contributed by atoms with E-state index in [1.165, 1.54) is 12.1 Å². The summed E-state index contributed by atoms with van der Waals surface area (Å²) < 4.78 is 36.1. The maximum Gasteiger partial charge on any atom is 0.255 e. The first-order valence-electron chi connectivity index (χ1n) is 7.80. The van der Waals surface area contributed by atoms with Gasteiger partial charge in [0.15, 0.2) is 11.5 Å². The third-order valence-corrected chi connectivity index (χ3v) is 4.38. The van der Waals surface area contributed by atoms with Crippen molar-refractivity contribution in [1.82, 2.24) is 0 Å². The fourth-order valence-corrected chi connectivity index (χ4v) is 3.26. The molecular weight excluding hydrogens is 380 g/mol. The summed E-state index contributed by atoms with van der Waals surface area (Å²) in [5.74, 6) is 0.451. The number of sulfonamides is 1. The average Bonchev–Trinajstić information content (AvgIpc) is 2.79. The molecule has 2 aromatic rings. The van der Waals surface area contributed by atoms with Crippen LogP contribution in [-0.2, 0) is 10.0 Å². The predicted octanol–water partition coefficient (Wildman–Crippen LogP) is 3.13. The van der Waals surface area contributed by atoms with Crippen molar-refractivity contribution in [3.8, 4) is 11.5 Å². The fraction of sp³-hybridized carbons (Fsp3) is 0.235. The summed E-state index contributed by atoms with van der Waals surface area (Å²) in [6.45, 7) is 0.978. The second-order valence-electron chi connectivity index (χ2n) is 5.74. The maximum absolute atomic E-state index is 12.5. The minimum absolute atomic E-state index is 0.294. The number of hydrogen-bond acceptors (Lipinski definition) is 5. The Morgan fingerprint density at radius 2 is 1.85 bits per heavy atom. The third-order valence-electron chi connectivity index (χ3n) is 3.49. The van der Waals surface area contributed by atoms with E-state index in [1.807, 2.05) is 0 Å². The zero-order valence-corrected chi connectivity index (χ0v) is 15.5. The Bertz CT molecular complexity index is 946. The van der Waals surface area contributed by atoms with Crippen molar-refractivity contribution in [2.45, 2.75) is 6.42 Å². The molecule has 26 heavy (non-hydrogen) atoms. The van der Waals surface area contributed by atoms with E-state index in [2.05, 4.69) is 10.0 Å². The van der Waals surface area contributed by atoms with Gasteiger partial charge in [-0.2, -0.15) is 0 Å². The molecule has 0 unspecified atom stereocenters. The standard InChI is InChI=1S/C17H17ClN2O5S/c1-26(22,23)20-13-5-2-4-12(10-13)19-17(21)11-8-14(18)16-15(9-11)24-6-3-7-25-16/h2,4-5,8-10,20H,3,6-7H2,1H3,(H,19,21). The number of halogens is 1. The molecule has 0 aromatic heterocycles. The van der Waals surface area contributed by atoms with Crippen LogP contribution in [0.15, 0.2) is 36.4 Å². The van der Waals surface area contributed by atoms with E-state index in [1.54, 1.807) is 24.3 Å². The largest absolute Gasteiger partial charge is 0.489 e. The molecule has 0 saturated heterocycles. The number of rotatable bonds is 4. The number of ether oxygens (including phenoxy) is 2. The van der Waals surface area contributed by atoms with Crippen LogP contribution in [0.4, 0.5) is 11.4 Å². The Morgan fingerprint density at radius 1 is 1.12 bits per heavy atom. The van der Waals surface area contributed by atoms with E-state index in [0.29, 0.717) is 46.7 Å². The van der Waals surface area contributed by atoms with Gasteiger partial charge in [-0.3, -0.25) is 9.52 Å². The Hall–Kier alpha value is -2.45. The summed E-state index contributed by atoms with van der Waals surface area (Å²) in [5, 5.41) is 3.00. The van der Waals surface area contributed by atoms with Gasteiger partial charge in [-0.05, 0) is 30.3 Å². The molecule has 2 aromatic carbocycles. The van der Waals surface area contributed by atoms with Crippen LogP contribution in [0.25, 0.3) is 0 Å². The number of hydrogen-bond donors (Lipinski definition) is 2. The number of carbonyl (C=O) groups is 1. The van der Waals surface area contributed by atoms with Gasteiger partial charge in [0, 0.05) is 17.7 Å². The highest BCUT2D eigenvalue weighted by Crippen LogP contribution is 2.38. The lowest BCUT2D eigenvalue weighted by atomic mass is 10.1. The molecule has 0 saturated carbocycles. The summed E-state index contributed by atoms with van der Waals surface area (Å²) in [6.07, 6.45) is 1.78. The molecule has 0 aliphatic carbocycles. The highest BCUT2D eigenvalue weighted by molar-refractivity contribution is 7.92. The quantitative estimate of drug-likeness (QED) is 0.828. The first-order chi connectivity index (χ1) is 12.3. The molecule has 1 aliphatic rings. The number of carbonyl (C=O) groups excluding carboxylic acids is 1. The van der Waals surface area contributed by atoms with E-state index >= 15 is 0 Å². The van der Waals surface area contributed by atoms with E-state index in [0.717, 1.165) is 12.7 Å². The van der Waals surface area contributed by atoms with Crippen LogP contribution in [0.1, 0.15) is 16.8 Å². The van der Waals surface area contributed by atoms with Gasteiger partial charge < -0.3 is 14.8 Å². The molecule has 9 heteroatoms. The van der Waals surface area contributed by atoms with E-state index in [-0.39, 0.29) is 0 Å². The van der Waals surface area contributed by atoms with Gasteiger partial charge in [0.1, 0.15) is 0 Å². The van der Waals surface area contributed by atoms with E-state index in [4.69, 9.17) is 21.1 Å². The number of nitrogens with one attached hydrogen (secondary N) is 2. The van der Waals surface area contributed by atoms with Crippen LogP contribution in [0.2, 0.25) is 5.02 Å². The first kappa shape index (κ1) is 18.3. The number of benzene rings is 2. The summed E-state index contributed by atoms with van der Waals surface area (Å²) in [4.78, 5) is 12.5. The van der Waals surface area contributed by atoms with Crippen LogP contribution < -0.4 is 19.5 Å². The average molecular weight is 397 g/mol. The number of amides is 1. The Morgan fingerprint density at radius 3 is 2.62 bits per heavy atom. The molecule has 0 atom stereocenters. The SMILES string of the molecule is CS(=O)(=O)Nc1cccc(NC(=O)c2cc(Cl)c3c(c2)OCCCO3)c1. The number of anilines is 2. The zero-order chi connectivity index (χ0) is 18.7. The van der Waals surface area contributed by atoms with Gasteiger partial charge in [-0.15, -0.1) is 0 Å². The van der Waals surface area contributed by atoms with Gasteiger partial charge in [0.2, 0.25) is 10.0 Å². The van der Waals surface area contributed by atoms with Crippen molar-refractivity contribution in [3.63, 3.8) is 0 Å². The molecule has 138 valence electrons. The van der Waals surface area contributed by atoms with Crippen molar-refractivity contribution in [2.24, 2.45) is 0 Å². The molecule has 1 amide bonds. The maximum atomic E-state index is 12.5. The van der Waals surface area contributed by atoms with Crippen LogP contribution in [0.5, 0.6) is 11.5 Å². The monoisotopic (exact) mass is 396 g/mol. The van der Waals surface area contributed by atoms with Crippen LogP contribution in [-0.4, -0.2) is 33.8 Å². The van der Waals surface area contributed by atoms with E-state index in [9.17, 15) is 13.2 Å². The van der Waals surface area contributed by atoms with Crippen LogP contribution in [0.3, 0.4) is 0 Å². The minimum atomic E-state index is -3.40. The highest BCUT2D eigenvalue weighted by Gasteiger charge is 2.18. The predicted molar refractivity (Wildman–Crippen MR) is 99.9 cm³/mol. The molecule has 0 bridgehead atoms. The van der Waals surface area contributed by atoms with E-state index < -0.39 is 15.9 Å². The van der Waals surface area contributed by atoms with Gasteiger partial charge in [0.25, 0.3) is 5.91 Å². The molecular formula is C17H17ClN2O5S. The molecule has 1 heterocycles. The molecule has 1 aliphatic heterocycles. The summed E-state index contributed by atoms with van der Waals surface area (Å²) in [7, 11) is -3.40. The smallest absolute Gasteiger partial charge is 0.255 e. The lowest BCUT2D eigenvalue weighted by Gasteiger charge is -2.12. The topological polar surface area (TPSA) is 93.7 Å². The lowest BCUT2D eigenvalue weighted by Crippen LogP contribution is -2.13. The third kappa shape index (κ3) is 4.59. The van der Waals surface area contributed by atoms with Crippen molar-refractivity contribution in [2.75, 3.05) is 29.5 Å². The highest BCUT2D eigenvalue weighted by atomic mass is 35.5. The fourth-order valence-electron chi connectivity index (χ4n) is 2.44. The molecule has 0 fully saturated rings. The first-order valence-corrected chi connectivity index (χ1v) is 10.1. The summed E-state index contributed by atoms with van der Waals surface area (Å²) in [5.41, 5.74) is 1.09. The Balaban J connectivity index is 1.81. The molecule has 3 rings (SSSR count). The van der Waals surface area contributed by atoms with Crippen LogP contribution >= 0.6 is 11.6 Å².